The van der Waals surface area contributed by atoms with E-state index in [0.717, 1.165) is 27.9 Å². The van der Waals surface area contributed by atoms with Crippen LogP contribution in [0.3, 0.4) is 0 Å². The molecule has 0 aliphatic heterocycles. The third-order valence-electron chi connectivity index (χ3n) is 7.26. The molecule has 0 aromatic heterocycles. The standard InChI is InChI=1S/C31H22O4/c32-27-8-4-3-7-26(27)30(33)25-14-13-19-10-9-18-11-12-21(22-15-16-24(25)29(19)28(18)22)17-20-5-1-2-6-23(20)31(34)35/h1-16,28-29,32H,17H2,(H,34,35). The Morgan fingerprint density at radius 3 is 2.09 bits per heavy atom. The second-order valence-electron chi connectivity index (χ2n) is 9.12. The molecule has 0 amide bonds. The van der Waals surface area contributed by atoms with Gasteiger partial charge in [0.15, 0.2) is 5.78 Å². The summed E-state index contributed by atoms with van der Waals surface area (Å²) in [6.45, 7) is 0. The van der Waals surface area contributed by atoms with Gasteiger partial charge in [-0.2, -0.15) is 0 Å². The van der Waals surface area contributed by atoms with Gasteiger partial charge in [0, 0.05) is 17.4 Å². The van der Waals surface area contributed by atoms with E-state index in [-0.39, 0.29) is 23.4 Å². The average Bonchev–Trinajstić information content (AvgIpc) is 2.88. The first-order valence-electron chi connectivity index (χ1n) is 11.6. The number of hydrogen-bond acceptors (Lipinski definition) is 3. The summed E-state index contributed by atoms with van der Waals surface area (Å²) in [4.78, 5) is 25.2. The number of ketones is 1. The zero-order chi connectivity index (χ0) is 24.1. The third kappa shape index (κ3) is 3.38. The normalized spacial score (nSPS) is 21.5. The van der Waals surface area contributed by atoms with E-state index in [1.807, 2.05) is 30.4 Å². The van der Waals surface area contributed by atoms with Crippen LogP contribution in [0.5, 0.6) is 5.75 Å². The second kappa shape index (κ2) is 8.10. The molecule has 0 spiro atoms. The molecule has 0 radical (unpaired) electrons. The van der Waals surface area contributed by atoms with Crippen molar-refractivity contribution in [3.8, 4) is 5.75 Å². The van der Waals surface area contributed by atoms with Gasteiger partial charge in [-0.3, -0.25) is 4.79 Å². The van der Waals surface area contributed by atoms with Crippen LogP contribution in [0.4, 0.5) is 0 Å². The van der Waals surface area contributed by atoms with Gasteiger partial charge in [-0.15, -0.1) is 0 Å². The summed E-state index contributed by atoms with van der Waals surface area (Å²) in [5.41, 5.74) is 7.49. The van der Waals surface area contributed by atoms with Crippen molar-refractivity contribution in [2.75, 3.05) is 0 Å². The molecule has 0 heterocycles. The smallest absolute Gasteiger partial charge is 0.335 e. The zero-order valence-corrected chi connectivity index (χ0v) is 18.8. The fourth-order valence-electron chi connectivity index (χ4n) is 5.61. The number of phenols is 1. The third-order valence-corrected chi connectivity index (χ3v) is 7.26. The minimum absolute atomic E-state index is 0.000488. The average molecular weight is 459 g/mol. The van der Waals surface area contributed by atoms with Crippen LogP contribution in [0.2, 0.25) is 0 Å². The van der Waals surface area contributed by atoms with Crippen molar-refractivity contribution in [3.05, 3.63) is 147 Å². The van der Waals surface area contributed by atoms with E-state index < -0.39 is 5.97 Å². The zero-order valence-electron chi connectivity index (χ0n) is 18.8. The number of phenolic OH excluding ortho intramolecular Hbond substituents is 1. The molecule has 0 bridgehead atoms. The van der Waals surface area contributed by atoms with Gasteiger partial charge in [-0.05, 0) is 58.0 Å². The summed E-state index contributed by atoms with van der Waals surface area (Å²) in [6, 6.07) is 13.8. The number of hydrogen-bond donors (Lipinski definition) is 2. The van der Waals surface area contributed by atoms with Crippen molar-refractivity contribution in [3.63, 3.8) is 0 Å². The number of benzene rings is 2. The number of Topliss-reactive ketones (excluding diaryl/α,β-unsaturated/α-hetero) is 1. The first kappa shape index (κ1) is 21.1. The van der Waals surface area contributed by atoms with Gasteiger partial charge in [-0.25, -0.2) is 4.79 Å². The van der Waals surface area contributed by atoms with Gasteiger partial charge < -0.3 is 10.2 Å². The highest BCUT2D eigenvalue weighted by molar-refractivity contribution is 6.14. The summed E-state index contributed by atoms with van der Waals surface area (Å²) >= 11 is 0. The van der Waals surface area contributed by atoms with Crippen LogP contribution in [0.15, 0.2) is 131 Å². The summed E-state index contributed by atoms with van der Waals surface area (Å²) < 4.78 is 0. The quantitative estimate of drug-likeness (QED) is 0.546. The molecule has 4 nitrogen and oxygen atoms in total. The predicted octanol–water partition coefficient (Wildman–Crippen LogP) is 5.92. The SMILES string of the molecule is O=C(C1=CC=C2C=CC3=CC=C(Cc4ccccc4C(=O)O)C4=CC=C1C2C34)c1ccccc1O. The number of carbonyl (C=O) groups is 2. The van der Waals surface area contributed by atoms with Crippen molar-refractivity contribution in [2.24, 2.45) is 11.8 Å². The Kier molecular flexibility index (Phi) is 4.89. The molecule has 4 aliphatic carbocycles. The second-order valence-corrected chi connectivity index (χ2v) is 9.12. The Bertz CT molecular complexity index is 1520. The Hall–Kier alpha value is -4.44. The maximum Gasteiger partial charge on any atom is 0.335 e. The van der Waals surface area contributed by atoms with Crippen molar-refractivity contribution in [2.45, 2.75) is 6.42 Å². The Morgan fingerprint density at radius 2 is 1.34 bits per heavy atom. The van der Waals surface area contributed by atoms with Gasteiger partial charge in [0.1, 0.15) is 5.75 Å². The van der Waals surface area contributed by atoms with E-state index in [0.29, 0.717) is 23.1 Å². The van der Waals surface area contributed by atoms with Crippen LogP contribution in [-0.2, 0) is 6.42 Å². The van der Waals surface area contributed by atoms with Gasteiger partial charge in [0.05, 0.1) is 11.1 Å². The summed E-state index contributed by atoms with van der Waals surface area (Å²) in [6.07, 6.45) is 16.9. The lowest BCUT2D eigenvalue weighted by Crippen LogP contribution is -2.32. The van der Waals surface area contributed by atoms with Crippen LogP contribution in [0.25, 0.3) is 0 Å². The molecular formula is C31H22O4. The van der Waals surface area contributed by atoms with Crippen molar-refractivity contribution >= 4 is 11.8 Å². The number of carboxylic acids is 1. The highest BCUT2D eigenvalue weighted by Gasteiger charge is 2.42. The summed E-state index contributed by atoms with van der Waals surface area (Å²) in [5, 5.41) is 19.9. The Morgan fingerprint density at radius 1 is 0.714 bits per heavy atom. The molecule has 2 aromatic rings. The number of carbonyl (C=O) groups excluding carboxylic acids is 1. The van der Waals surface area contributed by atoms with Crippen molar-refractivity contribution < 1.29 is 19.8 Å². The number of allylic oxidation sites excluding steroid dienone is 14. The van der Waals surface area contributed by atoms with E-state index in [1.165, 1.54) is 11.6 Å². The molecule has 4 aliphatic rings. The van der Waals surface area contributed by atoms with E-state index >= 15 is 0 Å². The van der Waals surface area contributed by atoms with Gasteiger partial charge >= 0.3 is 5.97 Å². The fourth-order valence-corrected chi connectivity index (χ4v) is 5.61. The van der Waals surface area contributed by atoms with Crippen LogP contribution < -0.4 is 0 Å². The molecule has 2 N–H and O–H groups in total. The topological polar surface area (TPSA) is 74.6 Å². The number of aromatic carboxylic acids is 1. The number of aromatic hydroxyl groups is 1. The highest BCUT2D eigenvalue weighted by atomic mass is 16.4. The number of para-hydroxylation sites is 1. The minimum Gasteiger partial charge on any atom is -0.507 e. The van der Waals surface area contributed by atoms with Gasteiger partial charge in [0.25, 0.3) is 0 Å². The molecule has 0 saturated carbocycles. The Balaban J connectivity index is 1.43. The van der Waals surface area contributed by atoms with Crippen LogP contribution in [-0.4, -0.2) is 22.0 Å². The minimum atomic E-state index is -0.927. The lowest BCUT2D eigenvalue weighted by atomic mass is 9.61. The summed E-state index contributed by atoms with van der Waals surface area (Å²) in [7, 11) is 0. The highest BCUT2D eigenvalue weighted by Crippen LogP contribution is 2.52. The number of rotatable bonds is 5. The number of carboxylic acid groups (broad SMARTS) is 1. The molecule has 2 atom stereocenters. The van der Waals surface area contributed by atoms with E-state index in [4.69, 9.17) is 0 Å². The molecule has 6 rings (SSSR count). The summed E-state index contributed by atoms with van der Waals surface area (Å²) in [5.74, 6) is -1.08. The monoisotopic (exact) mass is 458 g/mol. The lowest BCUT2D eigenvalue weighted by molar-refractivity contribution is 0.0695. The first-order valence-corrected chi connectivity index (χ1v) is 11.6. The van der Waals surface area contributed by atoms with Crippen LogP contribution in [0.1, 0.15) is 26.3 Å². The van der Waals surface area contributed by atoms with Crippen LogP contribution >= 0.6 is 0 Å². The Labute approximate surface area is 202 Å². The van der Waals surface area contributed by atoms with E-state index in [9.17, 15) is 19.8 Å². The van der Waals surface area contributed by atoms with Crippen molar-refractivity contribution in [1.29, 1.82) is 0 Å². The lowest BCUT2D eigenvalue weighted by Gasteiger charge is -2.42. The maximum absolute atomic E-state index is 13.4. The molecule has 0 fully saturated rings. The van der Waals surface area contributed by atoms with Crippen molar-refractivity contribution in [1.82, 2.24) is 0 Å². The molecule has 2 aromatic carbocycles. The largest absolute Gasteiger partial charge is 0.507 e. The van der Waals surface area contributed by atoms with E-state index in [1.54, 1.807) is 30.3 Å². The molecular weight excluding hydrogens is 436 g/mol. The van der Waals surface area contributed by atoms with Gasteiger partial charge in [-0.1, -0.05) is 78.9 Å². The molecule has 0 saturated heterocycles. The fraction of sp³-hybridized carbons (Fsp3) is 0.0968. The predicted molar refractivity (Wildman–Crippen MR) is 134 cm³/mol. The van der Waals surface area contributed by atoms with Crippen LogP contribution in [0, 0.1) is 11.8 Å². The maximum atomic E-state index is 13.4. The van der Waals surface area contributed by atoms with E-state index in [2.05, 4.69) is 30.4 Å². The molecule has 170 valence electrons. The molecule has 2 unspecified atom stereocenters. The molecule has 35 heavy (non-hydrogen) atoms. The molecule has 4 heteroatoms. The van der Waals surface area contributed by atoms with Gasteiger partial charge in [0.2, 0.25) is 0 Å². The first-order chi connectivity index (χ1) is 17.0.